The third-order valence-electron chi connectivity index (χ3n) is 11.7. The second kappa shape index (κ2) is 20.8. The Morgan fingerprint density at radius 2 is 1.15 bits per heavy atom. The van der Waals surface area contributed by atoms with E-state index in [1.807, 2.05) is 126 Å². The van der Waals surface area contributed by atoms with Gasteiger partial charge in [-0.1, -0.05) is 120 Å². The Labute approximate surface area is 387 Å². The number of aryl methyl sites for hydroxylation is 2. The second-order valence-electron chi connectivity index (χ2n) is 17.6. The Hall–Kier alpha value is -7.11. The van der Waals surface area contributed by atoms with Gasteiger partial charge in [-0.15, -0.1) is 0 Å². The first-order chi connectivity index (χ1) is 31.7. The molecule has 1 unspecified atom stereocenters. The van der Waals surface area contributed by atoms with Crippen LogP contribution in [0.2, 0.25) is 0 Å². The van der Waals surface area contributed by atoms with Gasteiger partial charge in [0.25, 0.3) is 5.91 Å². The SMILES string of the molecule is COc1ccc(C(NC(=O)[C@@H](NC(=O)OCC2c3ccccc3-c3ccccc32)[C@@H](C)OC(C)(C)C)c2ccc(OCC(=O)NC(c3ccc(C)cc3)c3ccc(C)cc3)cc2)c(OC)c1. The highest BCUT2D eigenvalue weighted by molar-refractivity contribution is 5.87. The van der Waals surface area contributed by atoms with Gasteiger partial charge in [0, 0.05) is 17.5 Å². The molecule has 11 nitrogen and oxygen atoms in total. The van der Waals surface area contributed by atoms with E-state index in [0.717, 1.165) is 44.5 Å². The van der Waals surface area contributed by atoms with Crippen LogP contribution in [0.5, 0.6) is 17.2 Å². The molecule has 0 aromatic heterocycles. The van der Waals surface area contributed by atoms with Gasteiger partial charge in [0.15, 0.2) is 6.61 Å². The quantitative estimate of drug-likeness (QED) is 0.0825. The fraction of sp³-hybridized carbons (Fsp3) is 0.291. The van der Waals surface area contributed by atoms with Gasteiger partial charge in [-0.3, -0.25) is 9.59 Å². The molecule has 3 amide bonds. The van der Waals surface area contributed by atoms with E-state index in [1.165, 1.54) is 0 Å². The van der Waals surface area contributed by atoms with Crippen LogP contribution >= 0.6 is 0 Å². The average molecular weight is 890 g/mol. The molecule has 0 spiro atoms. The number of alkyl carbamates (subject to hydrolysis) is 1. The number of benzene rings is 6. The molecule has 6 aromatic carbocycles. The highest BCUT2D eigenvalue weighted by atomic mass is 16.6. The second-order valence-corrected chi connectivity index (χ2v) is 17.6. The van der Waals surface area contributed by atoms with Gasteiger partial charge >= 0.3 is 6.09 Å². The smallest absolute Gasteiger partial charge is 0.407 e. The monoisotopic (exact) mass is 889 g/mol. The molecule has 0 saturated heterocycles. The minimum absolute atomic E-state index is 0.0739. The normalized spacial score (nSPS) is 13.4. The lowest BCUT2D eigenvalue weighted by Gasteiger charge is -2.32. The number of hydrogen-bond donors (Lipinski definition) is 3. The van der Waals surface area contributed by atoms with E-state index in [4.69, 9.17) is 23.7 Å². The van der Waals surface area contributed by atoms with E-state index < -0.39 is 35.8 Å². The summed E-state index contributed by atoms with van der Waals surface area (Å²) in [6.45, 7) is 11.3. The third-order valence-corrected chi connectivity index (χ3v) is 11.7. The molecular formula is C55H59N3O8. The summed E-state index contributed by atoms with van der Waals surface area (Å²) in [7, 11) is 3.11. The first-order valence-corrected chi connectivity index (χ1v) is 22.2. The molecule has 66 heavy (non-hydrogen) atoms. The number of hydrogen-bond acceptors (Lipinski definition) is 8. The summed E-state index contributed by atoms with van der Waals surface area (Å²) in [5.74, 6) is 0.507. The highest BCUT2D eigenvalue weighted by Crippen LogP contribution is 2.44. The molecule has 0 aliphatic heterocycles. The lowest BCUT2D eigenvalue weighted by molar-refractivity contribution is -0.131. The summed E-state index contributed by atoms with van der Waals surface area (Å²) in [6.07, 6.45) is -1.53. The number of carbonyl (C=O) groups excluding carboxylic acids is 3. The van der Waals surface area contributed by atoms with Gasteiger partial charge in [-0.25, -0.2) is 4.79 Å². The predicted octanol–water partition coefficient (Wildman–Crippen LogP) is 9.92. The fourth-order valence-electron chi connectivity index (χ4n) is 8.40. The number of nitrogens with one attached hydrogen (secondary N) is 3. The minimum Gasteiger partial charge on any atom is -0.497 e. The molecule has 0 radical (unpaired) electrons. The van der Waals surface area contributed by atoms with Gasteiger partial charge in [-0.05, 0) is 105 Å². The molecule has 0 fully saturated rings. The summed E-state index contributed by atoms with van der Waals surface area (Å²) in [5.41, 5.74) is 9.19. The molecule has 1 aliphatic carbocycles. The molecule has 0 bridgehead atoms. The van der Waals surface area contributed by atoms with E-state index in [9.17, 15) is 14.4 Å². The summed E-state index contributed by atoms with van der Waals surface area (Å²) in [6, 6.07) is 42.5. The molecule has 3 atom stereocenters. The van der Waals surface area contributed by atoms with E-state index in [0.29, 0.717) is 28.4 Å². The minimum atomic E-state index is -1.17. The van der Waals surface area contributed by atoms with Crippen molar-refractivity contribution in [2.75, 3.05) is 27.4 Å². The largest absolute Gasteiger partial charge is 0.497 e. The van der Waals surface area contributed by atoms with Crippen molar-refractivity contribution in [1.29, 1.82) is 0 Å². The maximum Gasteiger partial charge on any atom is 0.407 e. The maximum absolute atomic E-state index is 14.6. The number of fused-ring (bicyclic) bond motifs is 3. The first-order valence-electron chi connectivity index (χ1n) is 22.2. The van der Waals surface area contributed by atoms with Crippen LogP contribution in [0, 0.1) is 13.8 Å². The zero-order valence-corrected chi connectivity index (χ0v) is 38.8. The number of amides is 3. The van der Waals surface area contributed by atoms with Gasteiger partial charge in [0.2, 0.25) is 5.91 Å². The predicted molar refractivity (Wildman–Crippen MR) is 256 cm³/mol. The van der Waals surface area contributed by atoms with Gasteiger partial charge in [0.05, 0.1) is 38.0 Å². The van der Waals surface area contributed by atoms with Crippen molar-refractivity contribution < 1.29 is 38.1 Å². The summed E-state index contributed by atoms with van der Waals surface area (Å²) in [4.78, 5) is 41.8. The van der Waals surface area contributed by atoms with Crippen molar-refractivity contribution in [3.05, 3.63) is 184 Å². The maximum atomic E-state index is 14.6. The Morgan fingerprint density at radius 1 is 0.621 bits per heavy atom. The van der Waals surface area contributed by atoms with Gasteiger partial charge in [-0.2, -0.15) is 0 Å². The van der Waals surface area contributed by atoms with Crippen molar-refractivity contribution in [1.82, 2.24) is 16.0 Å². The molecule has 7 rings (SSSR count). The van der Waals surface area contributed by atoms with Crippen molar-refractivity contribution in [3.63, 3.8) is 0 Å². The van der Waals surface area contributed by atoms with Crippen molar-refractivity contribution in [3.8, 4) is 28.4 Å². The van der Waals surface area contributed by atoms with Gasteiger partial charge in [0.1, 0.15) is 29.9 Å². The van der Waals surface area contributed by atoms with E-state index in [1.54, 1.807) is 45.4 Å². The Bertz CT molecular complexity index is 2530. The zero-order valence-electron chi connectivity index (χ0n) is 38.8. The van der Waals surface area contributed by atoms with Crippen molar-refractivity contribution in [2.24, 2.45) is 0 Å². The van der Waals surface area contributed by atoms with E-state index >= 15 is 0 Å². The molecule has 3 N–H and O–H groups in total. The molecule has 0 heterocycles. The number of rotatable bonds is 17. The van der Waals surface area contributed by atoms with Crippen molar-refractivity contribution >= 4 is 17.9 Å². The average Bonchev–Trinajstić information content (AvgIpc) is 3.63. The lowest BCUT2D eigenvalue weighted by Crippen LogP contribution is -2.55. The lowest BCUT2D eigenvalue weighted by atomic mass is 9.96. The molecule has 342 valence electrons. The van der Waals surface area contributed by atoms with Crippen LogP contribution in [0.4, 0.5) is 4.79 Å². The molecular weight excluding hydrogens is 831 g/mol. The van der Waals surface area contributed by atoms with Crippen LogP contribution in [-0.4, -0.2) is 63.1 Å². The summed E-state index contributed by atoms with van der Waals surface area (Å²) >= 11 is 0. The van der Waals surface area contributed by atoms with Gasteiger partial charge < -0.3 is 39.6 Å². The van der Waals surface area contributed by atoms with Crippen LogP contribution < -0.4 is 30.2 Å². The third kappa shape index (κ3) is 11.4. The Balaban J connectivity index is 1.09. The Kier molecular flexibility index (Phi) is 14.8. The van der Waals surface area contributed by atoms with Crippen LogP contribution in [-0.2, 0) is 19.1 Å². The summed E-state index contributed by atoms with van der Waals surface area (Å²) in [5, 5.41) is 9.15. The van der Waals surface area contributed by atoms with Crippen molar-refractivity contribution in [2.45, 2.75) is 77.3 Å². The van der Waals surface area contributed by atoms with Crippen LogP contribution in [0.25, 0.3) is 11.1 Å². The number of ether oxygens (including phenoxy) is 5. The van der Waals surface area contributed by atoms with Crippen LogP contribution in [0.15, 0.2) is 140 Å². The number of carbonyl (C=O) groups is 3. The molecule has 6 aromatic rings. The van der Waals surface area contributed by atoms with Crippen LogP contribution in [0.1, 0.15) is 90.2 Å². The Morgan fingerprint density at radius 3 is 1.70 bits per heavy atom. The first kappa shape index (κ1) is 46.9. The molecule has 11 heteroatoms. The number of methoxy groups -OCH3 is 2. The zero-order chi connectivity index (χ0) is 47.0. The highest BCUT2D eigenvalue weighted by Gasteiger charge is 2.35. The van der Waals surface area contributed by atoms with E-state index in [-0.39, 0.29) is 31.1 Å². The standard InChI is InChI=1S/C55H59N3O8/c1-34-17-21-37(22-18-34)51(38-23-19-35(2)20-24-38)56-49(59)33-64-40-27-25-39(26-28-40)52(46-30-29-41(62-7)31-48(46)63-8)57-53(60)50(36(3)66-55(4,5)6)58-54(61)65-32-47-44-15-11-9-13-42(44)43-14-10-12-16-45(43)47/h9-31,36,47,50-52H,32-33H2,1-8H3,(H,56,59)(H,57,60)(H,58,61)/t36-,50+,52?/m1/s1. The topological polar surface area (TPSA) is 133 Å². The van der Waals surface area contributed by atoms with Crippen LogP contribution in [0.3, 0.4) is 0 Å². The fourth-order valence-corrected chi connectivity index (χ4v) is 8.40. The molecule has 0 saturated carbocycles. The summed E-state index contributed by atoms with van der Waals surface area (Å²) < 4.78 is 29.5. The molecule has 1 aliphatic rings. The van der Waals surface area contributed by atoms with E-state index in [2.05, 4.69) is 40.2 Å².